The maximum Gasteiger partial charge on any atom is 0.339 e. The van der Waals surface area contributed by atoms with Crippen LogP contribution in [0.3, 0.4) is 0 Å². The van der Waals surface area contributed by atoms with Gasteiger partial charge in [-0.3, -0.25) is 4.79 Å². The van der Waals surface area contributed by atoms with Gasteiger partial charge in [-0.15, -0.1) is 0 Å². The number of amides is 1. The monoisotopic (exact) mass is 334 g/mol. The van der Waals surface area contributed by atoms with Gasteiger partial charge in [-0.1, -0.05) is 17.7 Å². The van der Waals surface area contributed by atoms with Gasteiger partial charge in [0.15, 0.2) is 6.10 Å². The van der Waals surface area contributed by atoms with Crippen LogP contribution >= 0.6 is 11.6 Å². The molecule has 2 rings (SSSR count). The molecule has 1 N–H and O–H groups in total. The van der Waals surface area contributed by atoms with Gasteiger partial charge in [0, 0.05) is 6.20 Å². The highest BCUT2D eigenvalue weighted by molar-refractivity contribution is 6.30. The number of anilines is 1. The van der Waals surface area contributed by atoms with E-state index in [4.69, 9.17) is 21.1 Å². The largest absolute Gasteiger partial charge is 0.497 e. The fraction of sp³-hybridized carbons (Fsp3) is 0.188. The van der Waals surface area contributed by atoms with Crippen molar-refractivity contribution in [2.75, 3.05) is 12.4 Å². The van der Waals surface area contributed by atoms with Crippen LogP contribution in [0.1, 0.15) is 17.3 Å². The molecule has 7 heteroatoms. The minimum absolute atomic E-state index is 0.300. The van der Waals surface area contributed by atoms with Gasteiger partial charge in [0.2, 0.25) is 0 Å². The Kier molecular flexibility index (Phi) is 5.54. The van der Waals surface area contributed by atoms with Crippen LogP contribution in [0, 0.1) is 0 Å². The molecular formula is C16H15ClN2O4. The molecule has 1 heterocycles. The fourth-order valence-electron chi connectivity index (χ4n) is 1.71. The van der Waals surface area contributed by atoms with Crippen molar-refractivity contribution in [3.8, 4) is 5.75 Å². The third-order valence-corrected chi connectivity index (χ3v) is 3.16. The van der Waals surface area contributed by atoms with Gasteiger partial charge >= 0.3 is 5.97 Å². The van der Waals surface area contributed by atoms with Crippen LogP contribution < -0.4 is 10.1 Å². The first kappa shape index (κ1) is 16.8. The lowest BCUT2D eigenvalue weighted by Crippen LogP contribution is -2.30. The van der Waals surface area contributed by atoms with Crippen molar-refractivity contribution in [3.63, 3.8) is 0 Å². The number of halogens is 1. The maximum atomic E-state index is 12.0. The predicted octanol–water partition coefficient (Wildman–Crippen LogP) is 2.93. The van der Waals surface area contributed by atoms with E-state index in [1.807, 2.05) is 0 Å². The van der Waals surface area contributed by atoms with E-state index in [1.54, 1.807) is 30.3 Å². The zero-order valence-corrected chi connectivity index (χ0v) is 13.3. The van der Waals surface area contributed by atoms with E-state index in [-0.39, 0.29) is 0 Å². The van der Waals surface area contributed by atoms with Crippen molar-refractivity contribution in [2.24, 2.45) is 0 Å². The number of nitrogens with zero attached hydrogens (tertiary/aromatic N) is 1. The second-order valence-electron chi connectivity index (χ2n) is 4.63. The minimum atomic E-state index is -0.980. The summed E-state index contributed by atoms with van der Waals surface area (Å²) in [6.45, 7) is 1.48. The van der Waals surface area contributed by atoms with Crippen molar-refractivity contribution in [1.29, 1.82) is 0 Å². The molecule has 1 atom stereocenters. The molecule has 1 unspecified atom stereocenters. The topological polar surface area (TPSA) is 77.5 Å². The summed E-state index contributed by atoms with van der Waals surface area (Å²) in [6.07, 6.45) is 0.426. The zero-order chi connectivity index (χ0) is 16.8. The Hall–Kier alpha value is -2.60. The Morgan fingerprint density at radius 2 is 2.04 bits per heavy atom. The molecule has 0 saturated carbocycles. The number of carbonyl (C=O) groups excluding carboxylic acids is 2. The Labute approximate surface area is 138 Å². The van der Waals surface area contributed by atoms with Crippen molar-refractivity contribution in [3.05, 3.63) is 53.2 Å². The van der Waals surface area contributed by atoms with Crippen molar-refractivity contribution in [2.45, 2.75) is 13.0 Å². The highest BCUT2D eigenvalue weighted by Crippen LogP contribution is 2.15. The number of nitrogens with one attached hydrogen (secondary N) is 1. The summed E-state index contributed by atoms with van der Waals surface area (Å²) in [5.41, 5.74) is 0.300. The van der Waals surface area contributed by atoms with Crippen LogP contribution in [0.2, 0.25) is 5.02 Å². The Morgan fingerprint density at radius 1 is 1.26 bits per heavy atom. The van der Waals surface area contributed by atoms with E-state index in [1.165, 1.54) is 26.3 Å². The van der Waals surface area contributed by atoms with Crippen LogP contribution in [0.4, 0.5) is 5.82 Å². The summed E-state index contributed by atoms with van der Waals surface area (Å²) in [7, 11) is 1.50. The van der Waals surface area contributed by atoms with E-state index in [0.717, 1.165) is 0 Å². The van der Waals surface area contributed by atoms with Gasteiger partial charge in [0.05, 0.1) is 17.7 Å². The van der Waals surface area contributed by atoms with E-state index in [2.05, 4.69) is 10.3 Å². The van der Waals surface area contributed by atoms with Crippen molar-refractivity contribution >= 4 is 29.3 Å². The van der Waals surface area contributed by atoms with Gasteiger partial charge in [-0.2, -0.15) is 0 Å². The summed E-state index contributed by atoms with van der Waals surface area (Å²) in [6, 6.07) is 9.63. The van der Waals surface area contributed by atoms with Crippen LogP contribution in [0.25, 0.3) is 0 Å². The average Bonchev–Trinajstić information content (AvgIpc) is 2.56. The highest BCUT2D eigenvalue weighted by Gasteiger charge is 2.19. The summed E-state index contributed by atoms with van der Waals surface area (Å²) >= 11 is 5.72. The molecule has 0 aliphatic carbocycles. The average molecular weight is 335 g/mol. The van der Waals surface area contributed by atoms with E-state index in [9.17, 15) is 9.59 Å². The molecule has 0 bridgehead atoms. The first-order valence-electron chi connectivity index (χ1n) is 6.77. The Bertz CT molecular complexity index is 703. The lowest BCUT2D eigenvalue weighted by Gasteiger charge is -2.13. The first-order chi connectivity index (χ1) is 11.0. The zero-order valence-electron chi connectivity index (χ0n) is 12.6. The summed E-state index contributed by atoms with van der Waals surface area (Å²) in [5.74, 6) is -0.253. The van der Waals surface area contributed by atoms with Crippen LogP contribution in [-0.4, -0.2) is 30.1 Å². The third kappa shape index (κ3) is 4.69. The maximum absolute atomic E-state index is 12.0. The fourth-order valence-corrected chi connectivity index (χ4v) is 1.82. The van der Waals surface area contributed by atoms with Gasteiger partial charge in [0.1, 0.15) is 11.6 Å². The second-order valence-corrected chi connectivity index (χ2v) is 5.07. The van der Waals surface area contributed by atoms with Gasteiger partial charge in [-0.25, -0.2) is 9.78 Å². The number of benzene rings is 1. The lowest BCUT2D eigenvalue weighted by atomic mass is 10.2. The molecule has 0 aliphatic heterocycles. The standard InChI is InChI=1S/C16H15ClN2O4/c1-10(15(20)19-14-7-6-12(17)9-18-14)23-16(21)11-4-3-5-13(8-11)22-2/h3-10H,1-2H3,(H,18,19,20). The van der Waals surface area contributed by atoms with Crippen LogP contribution in [-0.2, 0) is 9.53 Å². The number of carbonyl (C=O) groups is 2. The minimum Gasteiger partial charge on any atom is -0.497 e. The smallest absolute Gasteiger partial charge is 0.339 e. The molecular weight excluding hydrogens is 320 g/mol. The summed E-state index contributed by atoms with van der Waals surface area (Å²) < 4.78 is 10.2. The van der Waals surface area contributed by atoms with Crippen LogP contribution in [0.15, 0.2) is 42.6 Å². The third-order valence-electron chi connectivity index (χ3n) is 2.94. The molecule has 1 amide bonds. The Morgan fingerprint density at radius 3 is 2.70 bits per heavy atom. The Balaban J connectivity index is 1.97. The van der Waals surface area contributed by atoms with E-state index >= 15 is 0 Å². The highest BCUT2D eigenvalue weighted by atomic mass is 35.5. The molecule has 23 heavy (non-hydrogen) atoms. The molecule has 0 saturated heterocycles. The predicted molar refractivity (Wildman–Crippen MR) is 85.7 cm³/mol. The molecule has 6 nitrogen and oxygen atoms in total. The summed E-state index contributed by atoms with van der Waals surface area (Å²) in [5, 5.41) is 3.00. The van der Waals surface area contributed by atoms with E-state index < -0.39 is 18.0 Å². The number of ether oxygens (including phenoxy) is 2. The number of rotatable bonds is 5. The van der Waals surface area contributed by atoms with Gasteiger partial charge in [-0.05, 0) is 37.3 Å². The summed E-state index contributed by atoms with van der Waals surface area (Å²) in [4.78, 5) is 28.0. The number of esters is 1. The number of hydrogen-bond donors (Lipinski definition) is 1. The molecule has 120 valence electrons. The van der Waals surface area contributed by atoms with Crippen molar-refractivity contribution in [1.82, 2.24) is 4.98 Å². The first-order valence-corrected chi connectivity index (χ1v) is 7.15. The van der Waals surface area contributed by atoms with E-state index in [0.29, 0.717) is 22.2 Å². The molecule has 1 aromatic carbocycles. The lowest BCUT2D eigenvalue weighted by molar-refractivity contribution is -0.123. The molecule has 0 aliphatic rings. The molecule has 2 aromatic rings. The molecule has 1 aromatic heterocycles. The normalized spacial score (nSPS) is 11.4. The SMILES string of the molecule is COc1cccc(C(=O)OC(C)C(=O)Nc2ccc(Cl)cn2)c1. The van der Waals surface area contributed by atoms with Gasteiger partial charge in [0.25, 0.3) is 5.91 Å². The van der Waals surface area contributed by atoms with Gasteiger partial charge < -0.3 is 14.8 Å². The second kappa shape index (κ2) is 7.60. The quantitative estimate of drug-likeness (QED) is 0.851. The number of hydrogen-bond acceptors (Lipinski definition) is 5. The number of aromatic nitrogens is 1. The van der Waals surface area contributed by atoms with Crippen molar-refractivity contribution < 1.29 is 19.1 Å². The number of methoxy groups -OCH3 is 1. The molecule has 0 radical (unpaired) electrons. The molecule has 0 fully saturated rings. The number of pyridine rings is 1. The molecule has 0 spiro atoms. The van der Waals surface area contributed by atoms with Crippen LogP contribution in [0.5, 0.6) is 5.75 Å².